The van der Waals surface area contributed by atoms with Crippen molar-refractivity contribution in [2.75, 3.05) is 7.11 Å². The van der Waals surface area contributed by atoms with Crippen LogP contribution in [0.3, 0.4) is 0 Å². The van der Waals surface area contributed by atoms with E-state index in [1.165, 1.54) is 7.11 Å². The molecule has 4 N–H and O–H groups in total. The fraction of sp³-hybridized carbons (Fsp3) is 0.321. The Labute approximate surface area is 211 Å². The predicted octanol–water partition coefficient (Wildman–Crippen LogP) is 5.02. The van der Waals surface area contributed by atoms with Gasteiger partial charge in [0.05, 0.1) is 12.7 Å². The summed E-state index contributed by atoms with van der Waals surface area (Å²) in [5.74, 6) is 0.540. The van der Waals surface area contributed by atoms with Crippen LogP contribution in [-0.4, -0.2) is 29.2 Å². The number of rotatable bonds is 10. The molecule has 190 valence electrons. The van der Waals surface area contributed by atoms with Gasteiger partial charge in [-0.3, -0.25) is 9.78 Å². The fourth-order valence-electron chi connectivity index (χ4n) is 4.10. The van der Waals surface area contributed by atoms with Gasteiger partial charge in [0, 0.05) is 35.1 Å². The molecule has 3 rings (SSSR count). The lowest BCUT2D eigenvalue weighted by molar-refractivity contribution is 0.0995. The summed E-state index contributed by atoms with van der Waals surface area (Å²) in [6, 6.07) is 12.9. The quantitative estimate of drug-likeness (QED) is 0.366. The van der Waals surface area contributed by atoms with E-state index in [1.807, 2.05) is 38.1 Å². The van der Waals surface area contributed by atoms with Gasteiger partial charge >= 0.3 is 6.09 Å². The molecule has 1 aromatic heterocycles. The number of carbonyl (C=O) groups is 2. The number of hydrogen-bond acceptors (Lipinski definition) is 5. The molecule has 0 atom stereocenters. The Balaban J connectivity index is 2.18. The maximum atomic E-state index is 12.0. The highest BCUT2D eigenvalue weighted by molar-refractivity contribution is 5.95. The standard InChI is InChI=1S/C28H33N3O5/c1-16(2)12-24-22(14-30-28(33)34)26(19-8-6-17(3)7-9-19)23(18(4)31-24)15-36-25-13-20(35-5)10-11-21(25)27(29)32/h6-11,13,16,30H,12,14-15H2,1-5H3,(H2,29,32)(H,33,34). The molecule has 8 nitrogen and oxygen atoms in total. The summed E-state index contributed by atoms with van der Waals surface area (Å²) in [6.07, 6.45) is -0.416. The highest BCUT2D eigenvalue weighted by Gasteiger charge is 2.22. The van der Waals surface area contributed by atoms with Crippen molar-refractivity contribution in [2.45, 2.75) is 47.3 Å². The normalized spacial score (nSPS) is 10.8. The average molecular weight is 492 g/mol. The van der Waals surface area contributed by atoms with Crippen LogP contribution in [0.15, 0.2) is 42.5 Å². The van der Waals surface area contributed by atoms with Gasteiger partial charge < -0.3 is 25.6 Å². The molecule has 8 heteroatoms. The van der Waals surface area contributed by atoms with Gasteiger partial charge in [0.2, 0.25) is 0 Å². The second kappa shape index (κ2) is 11.6. The molecule has 0 unspecified atom stereocenters. The van der Waals surface area contributed by atoms with Crippen molar-refractivity contribution in [3.8, 4) is 22.6 Å². The van der Waals surface area contributed by atoms with E-state index in [4.69, 9.17) is 20.2 Å². The number of nitrogens with one attached hydrogen (secondary N) is 1. The molecule has 0 fully saturated rings. The molecular formula is C28H33N3O5. The van der Waals surface area contributed by atoms with Crippen molar-refractivity contribution in [3.05, 3.63) is 76.1 Å². The van der Waals surface area contributed by atoms with E-state index >= 15 is 0 Å². The van der Waals surface area contributed by atoms with Crippen LogP contribution in [0.4, 0.5) is 4.79 Å². The molecule has 0 aliphatic rings. The Morgan fingerprint density at radius 3 is 2.36 bits per heavy atom. The molecule has 3 aromatic rings. The summed E-state index contributed by atoms with van der Waals surface area (Å²) in [6.45, 7) is 8.32. The first-order chi connectivity index (χ1) is 17.1. The summed E-state index contributed by atoms with van der Waals surface area (Å²) in [5, 5.41) is 11.9. The predicted molar refractivity (Wildman–Crippen MR) is 138 cm³/mol. The zero-order chi connectivity index (χ0) is 26.4. The smallest absolute Gasteiger partial charge is 0.404 e. The lowest BCUT2D eigenvalue weighted by Crippen LogP contribution is -2.23. The minimum atomic E-state index is -1.11. The third-order valence-corrected chi connectivity index (χ3v) is 5.88. The Bertz CT molecular complexity index is 1250. The molecule has 0 saturated carbocycles. The van der Waals surface area contributed by atoms with Crippen LogP contribution in [0, 0.1) is 19.8 Å². The van der Waals surface area contributed by atoms with E-state index in [2.05, 4.69) is 19.2 Å². The van der Waals surface area contributed by atoms with Crippen molar-refractivity contribution < 1.29 is 24.2 Å². The monoisotopic (exact) mass is 491 g/mol. The van der Waals surface area contributed by atoms with Gasteiger partial charge in [-0.05, 0) is 49.4 Å². The van der Waals surface area contributed by atoms with Crippen molar-refractivity contribution in [1.29, 1.82) is 0 Å². The van der Waals surface area contributed by atoms with E-state index in [-0.39, 0.29) is 18.7 Å². The Morgan fingerprint density at radius 2 is 1.78 bits per heavy atom. The van der Waals surface area contributed by atoms with E-state index in [0.29, 0.717) is 23.8 Å². The van der Waals surface area contributed by atoms with E-state index in [1.54, 1.807) is 18.2 Å². The number of primary amides is 1. The minimum Gasteiger partial charge on any atom is -0.497 e. The lowest BCUT2D eigenvalue weighted by Gasteiger charge is -2.22. The van der Waals surface area contributed by atoms with Gasteiger partial charge in [-0.25, -0.2) is 4.79 Å². The molecule has 2 amide bonds. The maximum absolute atomic E-state index is 12.0. The van der Waals surface area contributed by atoms with Crippen LogP contribution in [-0.2, 0) is 19.6 Å². The first kappa shape index (κ1) is 26.5. The Morgan fingerprint density at radius 1 is 1.08 bits per heavy atom. The van der Waals surface area contributed by atoms with Crippen LogP contribution >= 0.6 is 0 Å². The Kier molecular flexibility index (Phi) is 8.53. The summed E-state index contributed by atoms with van der Waals surface area (Å²) in [5.41, 5.74) is 11.9. The number of nitrogens with zero attached hydrogens (tertiary/aromatic N) is 1. The highest BCUT2D eigenvalue weighted by atomic mass is 16.5. The largest absolute Gasteiger partial charge is 0.497 e. The molecule has 36 heavy (non-hydrogen) atoms. The van der Waals surface area contributed by atoms with Crippen LogP contribution in [0.1, 0.15) is 52.3 Å². The first-order valence-electron chi connectivity index (χ1n) is 11.8. The average Bonchev–Trinajstić information content (AvgIpc) is 2.82. The van der Waals surface area contributed by atoms with Crippen molar-refractivity contribution in [1.82, 2.24) is 10.3 Å². The lowest BCUT2D eigenvalue weighted by atomic mass is 9.90. The number of aromatic nitrogens is 1. The van der Waals surface area contributed by atoms with Crippen LogP contribution in [0.2, 0.25) is 0 Å². The van der Waals surface area contributed by atoms with Crippen molar-refractivity contribution in [3.63, 3.8) is 0 Å². The molecule has 1 heterocycles. The van der Waals surface area contributed by atoms with E-state index < -0.39 is 12.0 Å². The van der Waals surface area contributed by atoms with E-state index in [0.717, 1.165) is 39.2 Å². The van der Waals surface area contributed by atoms with Gasteiger partial charge in [-0.15, -0.1) is 0 Å². The number of nitrogens with two attached hydrogens (primary N) is 1. The number of amides is 2. The molecule has 0 aliphatic carbocycles. The highest BCUT2D eigenvalue weighted by Crippen LogP contribution is 2.34. The van der Waals surface area contributed by atoms with E-state index in [9.17, 15) is 14.7 Å². The first-order valence-corrected chi connectivity index (χ1v) is 11.8. The molecular weight excluding hydrogens is 458 g/mol. The number of pyridine rings is 1. The van der Waals surface area contributed by atoms with Crippen LogP contribution < -0.4 is 20.5 Å². The number of methoxy groups -OCH3 is 1. The van der Waals surface area contributed by atoms with Crippen molar-refractivity contribution >= 4 is 12.0 Å². The summed E-state index contributed by atoms with van der Waals surface area (Å²) in [4.78, 5) is 28.3. The third-order valence-electron chi connectivity index (χ3n) is 5.88. The van der Waals surface area contributed by atoms with Crippen LogP contribution in [0.25, 0.3) is 11.1 Å². The number of carboxylic acid groups (broad SMARTS) is 1. The molecule has 0 bridgehead atoms. The molecule has 0 spiro atoms. The second-order valence-electron chi connectivity index (χ2n) is 9.11. The number of carbonyl (C=O) groups excluding carboxylic acids is 1. The summed E-state index contributed by atoms with van der Waals surface area (Å²) >= 11 is 0. The van der Waals surface area contributed by atoms with Gasteiger partial charge in [-0.2, -0.15) is 0 Å². The summed E-state index contributed by atoms with van der Waals surface area (Å²) in [7, 11) is 1.53. The van der Waals surface area contributed by atoms with Gasteiger partial charge in [0.15, 0.2) is 0 Å². The third kappa shape index (κ3) is 6.33. The zero-order valence-electron chi connectivity index (χ0n) is 21.3. The molecule has 0 saturated heterocycles. The van der Waals surface area contributed by atoms with Gasteiger partial charge in [0.1, 0.15) is 18.1 Å². The second-order valence-corrected chi connectivity index (χ2v) is 9.11. The number of hydrogen-bond donors (Lipinski definition) is 3. The number of ether oxygens (including phenoxy) is 2. The fourth-order valence-corrected chi connectivity index (χ4v) is 4.10. The van der Waals surface area contributed by atoms with Gasteiger partial charge in [-0.1, -0.05) is 43.7 Å². The Hall–Kier alpha value is -4.07. The maximum Gasteiger partial charge on any atom is 0.404 e. The number of benzene rings is 2. The van der Waals surface area contributed by atoms with Crippen molar-refractivity contribution in [2.24, 2.45) is 11.7 Å². The minimum absolute atomic E-state index is 0.0948. The van der Waals surface area contributed by atoms with Crippen LogP contribution in [0.5, 0.6) is 11.5 Å². The molecule has 0 aliphatic heterocycles. The molecule has 2 aromatic carbocycles. The topological polar surface area (TPSA) is 124 Å². The zero-order valence-corrected chi connectivity index (χ0v) is 21.3. The SMILES string of the molecule is COc1ccc(C(N)=O)c(OCc2c(C)nc(CC(C)C)c(CNC(=O)O)c2-c2ccc(C)cc2)c1. The number of aryl methyl sites for hydroxylation is 2. The molecule has 0 radical (unpaired) electrons. The summed E-state index contributed by atoms with van der Waals surface area (Å²) < 4.78 is 11.4. The van der Waals surface area contributed by atoms with Gasteiger partial charge in [0.25, 0.3) is 5.91 Å².